The minimum Gasteiger partial charge on any atom is -0.380 e. The molecule has 30 heavy (non-hydrogen) atoms. The average molecular weight is 408 g/mol. The molecule has 1 aliphatic rings. The fourth-order valence-electron chi connectivity index (χ4n) is 4.83. The minimum absolute atomic E-state index is 0.00858. The molecular weight excluding hydrogens is 374 g/mol. The Morgan fingerprint density at radius 2 is 1.97 bits per heavy atom. The number of nitrogens with zero attached hydrogens (tertiary/aromatic N) is 1. The molecule has 5 nitrogen and oxygen atoms in total. The van der Waals surface area contributed by atoms with Crippen LogP contribution in [0.1, 0.15) is 73.2 Å². The van der Waals surface area contributed by atoms with Gasteiger partial charge in [-0.1, -0.05) is 19.3 Å². The molecule has 0 bridgehead atoms. The Morgan fingerprint density at radius 3 is 2.70 bits per heavy atom. The van der Waals surface area contributed by atoms with E-state index in [1.807, 2.05) is 19.9 Å². The lowest BCUT2D eigenvalue weighted by Crippen LogP contribution is -2.21. The zero-order valence-electron chi connectivity index (χ0n) is 18.5. The Morgan fingerprint density at radius 1 is 1.20 bits per heavy atom. The molecule has 0 radical (unpaired) electrons. The number of pyridine rings is 2. The van der Waals surface area contributed by atoms with Crippen molar-refractivity contribution in [2.75, 3.05) is 5.32 Å². The molecule has 3 aromatic heterocycles. The van der Waals surface area contributed by atoms with E-state index >= 15 is 0 Å². The van der Waals surface area contributed by atoms with Gasteiger partial charge >= 0.3 is 0 Å². The van der Waals surface area contributed by atoms with E-state index in [9.17, 15) is 4.79 Å². The van der Waals surface area contributed by atoms with Gasteiger partial charge in [0.05, 0.1) is 17.9 Å². The van der Waals surface area contributed by atoms with Crippen LogP contribution < -0.4 is 10.9 Å². The van der Waals surface area contributed by atoms with E-state index in [1.54, 1.807) is 0 Å². The van der Waals surface area contributed by atoms with Crippen molar-refractivity contribution >= 4 is 11.2 Å². The molecule has 1 saturated carbocycles. The van der Waals surface area contributed by atoms with Crippen molar-refractivity contribution in [2.45, 2.75) is 78.6 Å². The third-order valence-electron chi connectivity index (χ3n) is 6.40. The lowest BCUT2D eigenvalue weighted by Gasteiger charge is -2.28. The van der Waals surface area contributed by atoms with Crippen LogP contribution in [0.5, 0.6) is 0 Å². The van der Waals surface area contributed by atoms with Crippen molar-refractivity contribution in [3.8, 4) is 0 Å². The largest absolute Gasteiger partial charge is 0.380 e. The van der Waals surface area contributed by atoms with Crippen LogP contribution in [-0.2, 0) is 11.3 Å². The molecule has 0 spiro atoms. The summed E-state index contributed by atoms with van der Waals surface area (Å²) in [5.74, 6) is 0. The topological polar surface area (TPSA) is 58.5 Å². The van der Waals surface area contributed by atoms with Crippen molar-refractivity contribution in [3.63, 3.8) is 0 Å². The number of aryl methyl sites for hydroxylation is 2. The molecule has 2 N–H and O–H groups in total. The van der Waals surface area contributed by atoms with Crippen LogP contribution in [0.3, 0.4) is 0 Å². The number of ether oxygens (including phenoxy) is 1. The molecule has 0 aromatic carbocycles. The first kappa shape index (κ1) is 20.7. The number of fused-ring (bicyclic) bond motifs is 1. The van der Waals surface area contributed by atoms with Gasteiger partial charge in [-0.05, 0) is 75.9 Å². The Hall–Kier alpha value is -2.53. The second-order valence-electron chi connectivity index (χ2n) is 8.71. The standard InChI is InChI=1S/C25H33N3O2/c1-16-13-17(2)27-25(29)22(16)15-26-23-14-20-9-8-12-28(20)24(18(23)3)19(4)30-21-10-6-5-7-11-21/h8-9,12-14,19,21,26H,5-7,10-11,15H2,1-4H3,(H,27,29). The van der Waals surface area contributed by atoms with Gasteiger partial charge in [0.1, 0.15) is 0 Å². The molecule has 4 rings (SSSR count). The van der Waals surface area contributed by atoms with Gasteiger partial charge in [0.25, 0.3) is 5.56 Å². The molecule has 0 aliphatic heterocycles. The number of aromatic nitrogens is 2. The Bertz CT molecular complexity index is 1090. The first-order chi connectivity index (χ1) is 14.4. The maximum Gasteiger partial charge on any atom is 0.253 e. The van der Waals surface area contributed by atoms with Crippen molar-refractivity contribution in [2.24, 2.45) is 0 Å². The zero-order valence-corrected chi connectivity index (χ0v) is 18.5. The van der Waals surface area contributed by atoms with Crippen molar-refractivity contribution in [1.29, 1.82) is 0 Å². The number of H-pyrrole nitrogens is 1. The van der Waals surface area contributed by atoms with E-state index in [1.165, 1.54) is 30.5 Å². The van der Waals surface area contributed by atoms with E-state index in [-0.39, 0.29) is 11.7 Å². The van der Waals surface area contributed by atoms with Gasteiger partial charge in [-0.3, -0.25) is 4.79 Å². The van der Waals surface area contributed by atoms with Gasteiger partial charge in [-0.25, -0.2) is 0 Å². The second kappa shape index (κ2) is 8.68. The fourth-order valence-corrected chi connectivity index (χ4v) is 4.83. The Labute approximate surface area is 178 Å². The summed E-state index contributed by atoms with van der Waals surface area (Å²) >= 11 is 0. The second-order valence-corrected chi connectivity index (χ2v) is 8.71. The number of rotatable bonds is 6. The van der Waals surface area contributed by atoms with Crippen LogP contribution >= 0.6 is 0 Å². The smallest absolute Gasteiger partial charge is 0.253 e. The molecule has 160 valence electrons. The van der Waals surface area contributed by atoms with Gasteiger partial charge in [-0.15, -0.1) is 0 Å². The third kappa shape index (κ3) is 4.17. The summed E-state index contributed by atoms with van der Waals surface area (Å²) in [6.07, 6.45) is 8.64. The molecule has 1 atom stereocenters. The molecule has 5 heteroatoms. The maximum atomic E-state index is 12.4. The molecule has 0 saturated heterocycles. The number of aromatic amines is 1. The molecule has 1 fully saturated rings. The van der Waals surface area contributed by atoms with Crippen LogP contribution in [0.25, 0.3) is 5.52 Å². The monoisotopic (exact) mass is 407 g/mol. The van der Waals surface area contributed by atoms with Crippen molar-refractivity contribution in [3.05, 3.63) is 68.9 Å². The first-order valence-electron chi connectivity index (χ1n) is 11.1. The number of anilines is 1. The van der Waals surface area contributed by atoms with E-state index in [0.29, 0.717) is 12.6 Å². The maximum absolute atomic E-state index is 12.4. The highest BCUT2D eigenvalue weighted by Crippen LogP contribution is 2.32. The summed E-state index contributed by atoms with van der Waals surface area (Å²) in [4.78, 5) is 15.3. The van der Waals surface area contributed by atoms with Crippen LogP contribution in [0.4, 0.5) is 5.69 Å². The molecule has 0 amide bonds. The molecule has 3 heterocycles. The van der Waals surface area contributed by atoms with Gasteiger partial charge in [0, 0.05) is 35.2 Å². The number of nitrogens with one attached hydrogen (secondary N) is 2. The SMILES string of the molecule is Cc1cc(C)c(CNc2cc3cccn3c(C(C)OC3CCCCC3)c2C)c(=O)[nH]1. The highest BCUT2D eigenvalue weighted by Gasteiger charge is 2.22. The van der Waals surface area contributed by atoms with Crippen LogP contribution in [0, 0.1) is 20.8 Å². The van der Waals surface area contributed by atoms with Crippen LogP contribution in [0.15, 0.2) is 35.3 Å². The average Bonchev–Trinajstić information content (AvgIpc) is 3.15. The summed E-state index contributed by atoms with van der Waals surface area (Å²) in [7, 11) is 0. The summed E-state index contributed by atoms with van der Waals surface area (Å²) in [6.45, 7) is 8.71. The summed E-state index contributed by atoms with van der Waals surface area (Å²) in [5, 5.41) is 3.52. The summed E-state index contributed by atoms with van der Waals surface area (Å²) < 4.78 is 8.74. The van der Waals surface area contributed by atoms with Crippen molar-refractivity contribution < 1.29 is 4.74 Å². The minimum atomic E-state index is -0.0179. The van der Waals surface area contributed by atoms with E-state index in [4.69, 9.17) is 4.74 Å². The quantitative estimate of drug-likeness (QED) is 0.561. The molecule has 3 aromatic rings. The Balaban J connectivity index is 1.63. The summed E-state index contributed by atoms with van der Waals surface area (Å²) in [5.41, 5.74) is 7.20. The Kier molecular flexibility index (Phi) is 6.00. The summed E-state index contributed by atoms with van der Waals surface area (Å²) in [6, 6.07) is 8.37. The molecular formula is C25H33N3O2. The van der Waals surface area contributed by atoms with Crippen LogP contribution in [0.2, 0.25) is 0 Å². The van der Waals surface area contributed by atoms with Gasteiger partial charge in [-0.2, -0.15) is 0 Å². The van der Waals surface area contributed by atoms with Gasteiger partial charge < -0.3 is 19.4 Å². The lowest BCUT2D eigenvalue weighted by molar-refractivity contribution is -0.0248. The zero-order chi connectivity index (χ0) is 21.3. The molecule has 1 unspecified atom stereocenters. The fraction of sp³-hybridized carbons (Fsp3) is 0.480. The van der Waals surface area contributed by atoms with E-state index < -0.39 is 0 Å². The highest BCUT2D eigenvalue weighted by molar-refractivity contribution is 5.65. The predicted octanol–water partition coefficient (Wildman–Crippen LogP) is 5.58. The molecule has 1 aliphatic carbocycles. The van der Waals surface area contributed by atoms with Crippen LogP contribution in [-0.4, -0.2) is 15.5 Å². The highest BCUT2D eigenvalue weighted by atomic mass is 16.5. The predicted molar refractivity (Wildman–Crippen MR) is 122 cm³/mol. The van der Waals surface area contributed by atoms with E-state index in [2.05, 4.69) is 52.9 Å². The van der Waals surface area contributed by atoms with Gasteiger partial charge in [0.2, 0.25) is 0 Å². The lowest BCUT2D eigenvalue weighted by atomic mass is 9.97. The van der Waals surface area contributed by atoms with Crippen molar-refractivity contribution in [1.82, 2.24) is 9.38 Å². The number of hydrogen-bond donors (Lipinski definition) is 2. The third-order valence-corrected chi connectivity index (χ3v) is 6.40. The number of hydrogen-bond acceptors (Lipinski definition) is 3. The van der Waals surface area contributed by atoms with E-state index in [0.717, 1.165) is 40.9 Å². The first-order valence-corrected chi connectivity index (χ1v) is 11.1. The van der Waals surface area contributed by atoms with Gasteiger partial charge in [0.15, 0.2) is 0 Å². The normalized spacial score (nSPS) is 16.1.